The average Bonchev–Trinajstić information content (AvgIpc) is 3.20. The first-order chi connectivity index (χ1) is 17.5. The van der Waals surface area contributed by atoms with Crippen LogP contribution in [0.15, 0.2) is 48.5 Å². The topological polar surface area (TPSA) is 85.7 Å². The van der Waals surface area contributed by atoms with Crippen LogP contribution in [0.25, 0.3) is 5.69 Å². The van der Waals surface area contributed by atoms with Crippen molar-refractivity contribution < 1.29 is 19.1 Å². The molecule has 0 bridgehead atoms. The summed E-state index contributed by atoms with van der Waals surface area (Å²) in [6, 6.07) is 14.9. The van der Waals surface area contributed by atoms with Gasteiger partial charge in [0.25, 0.3) is 11.8 Å². The highest BCUT2D eigenvalue weighted by Gasteiger charge is 2.19. The lowest BCUT2D eigenvalue weighted by molar-refractivity contribution is -0.134. The third-order valence-corrected chi connectivity index (χ3v) is 6.43. The minimum absolute atomic E-state index is 0.0271. The van der Waals surface area contributed by atoms with Gasteiger partial charge in [-0.3, -0.25) is 9.59 Å². The van der Waals surface area contributed by atoms with Crippen LogP contribution in [0.4, 0.5) is 0 Å². The number of aromatic nitrogens is 2. The predicted octanol–water partition coefficient (Wildman–Crippen LogP) is 4.21. The van der Waals surface area contributed by atoms with E-state index in [-0.39, 0.29) is 18.4 Å². The highest BCUT2D eigenvalue weighted by atomic mass is 16.5. The molecule has 1 aliphatic heterocycles. The van der Waals surface area contributed by atoms with Crippen LogP contribution in [0.5, 0.6) is 11.5 Å². The van der Waals surface area contributed by atoms with Crippen molar-refractivity contribution in [2.24, 2.45) is 0 Å². The molecule has 0 unspecified atom stereocenters. The van der Waals surface area contributed by atoms with Crippen molar-refractivity contribution in [3.8, 4) is 17.2 Å². The molecule has 4 rings (SSSR count). The van der Waals surface area contributed by atoms with Crippen LogP contribution in [-0.2, 0) is 11.3 Å². The third-order valence-electron chi connectivity index (χ3n) is 6.43. The van der Waals surface area contributed by atoms with Crippen LogP contribution >= 0.6 is 0 Å². The number of ether oxygens (including phenoxy) is 2. The molecule has 1 N–H and O–H groups in total. The Labute approximate surface area is 212 Å². The van der Waals surface area contributed by atoms with E-state index in [1.54, 1.807) is 18.2 Å². The maximum absolute atomic E-state index is 13.0. The number of para-hydroxylation sites is 1. The lowest BCUT2D eigenvalue weighted by Gasteiger charge is -2.26. The zero-order valence-corrected chi connectivity index (χ0v) is 21.3. The molecule has 8 nitrogen and oxygen atoms in total. The van der Waals surface area contributed by atoms with E-state index in [4.69, 9.17) is 9.47 Å². The fraction of sp³-hybridized carbons (Fsp3) is 0.393. The van der Waals surface area contributed by atoms with Crippen LogP contribution in [0.3, 0.4) is 0 Å². The number of nitrogens with one attached hydrogen (secondary N) is 1. The smallest absolute Gasteiger partial charge is 0.260 e. The molecule has 1 aromatic heterocycles. The second-order valence-electron chi connectivity index (χ2n) is 8.90. The fourth-order valence-corrected chi connectivity index (χ4v) is 4.43. The quantitative estimate of drug-likeness (QED) is 0.486. The molecule has 8 heteroatoms. The Morgan fingerprint density at radius 1 is 0.972 bits per heavy atom. The zero-order chi connectivity index (χ0) is 25.5. The Morgan fingerprint density at radius 3 is 2.44 bits per heavy atom. The van der Waals surface area contributed by atoms with E-state index in [0.29, 0.717) is 30.2 Å². The van der Waals surface area contributed by atoms with Gasteiger partial charge in [-0.1, -0.05) is 18.2 Å². The summed E-state index contributed by atoms with van der Waals surface area (Å²) in [5, 5.41) is 7.64. The highest BCUT2D eigenvalue weighted by Crippen LogP contribution is 2.29. The van der Waals surface area contributed by atoms with Crippen molar-refractivity contribution in [1.82, 2.24) is 20.0 Å². The summed E-state index contributed by atoms with van der Waals surface area (Å²) in [6.07, 6.45) is 3.23. The second kappa shape index (κ2) is 11.7. The van der Waals surface area contributed by atoms with Gasteiger partial charge >= 0.3 is 0 Å². The summed E-state index contributed by atoms with van der Waals surface area (Å²) in [6.45, 7) is 8.10. The van der Waals surface area contributed by atoms with Gasteiger partial charge in [-0.05, 0) is 70.4 Å². The van der Waals surface area contributed by atoms with E-state index in [2.05, 4.69) is 10.4 Å². The number of rotatable bonds is 9. The fourth-order valence-electron chi connectivity index (χ4n) is 4.43. The first-order valence-electron chi connectivity index (χ1n) is 12.5. The number of carbonyl (C=O) groups excluding carboxylic acids is 2. The van der Waals surface area contributed by atoms with Gasteiger partial charge in [-0.2, -0.15) is 5.10 Å². The number of hydrogen-bond donors (Lipinski definition) is 1. The number of amides is 2. The summed E-state index contributed by atoms with van der Waals surface area (Å²) in [5.74, 6) is 0.648. The van der Waals surface area contributed by atoms with Crippen molar-refractivity contribution in [1.29, 1.82) is 0 Å². The van der Waals surface area contributed by atoms with Gasteiger partial charge in [0.15, 0.2) is 18.1 Å². The molecule has 2 aromatic carbocycles. The van der Waals surface area contributed by atoms with Gasteiger partial charge in [0.2, 0.25) is 0 Å². The molecule has 0 radical (unpaired) electrons. The second-order valence-corrected chi connectivity index (χ2v) is 8.90. The minimum atomic E-state index is -0.224. The molecule has 2 heterocycles. The first-order valence-corrected chi connectivity index (χ1v) is 12.5. The lowest BCUT2D eigenvalue weighted by atomic mass is 10.1. The van der Waals surface area contributed by atoms with E-state index in [1.165, 1.54) is 0 Å². The molecule has 0 aliphatic carbocycles. The molecular weight excluding hydrogens is 456 g/mol. The predicted molar refractivity (Wildman–Crippen MR) is 138 cm³/mol. The van der Waals surface area contributed by atoms with Gasteiger partial charge in [0.1, 0.15) is 0 Å². The summed E-state index contributed by atoms with van der Waals surface area (Å²) >= 11 is 0. The number of carbonyl (C=O) groups is 2. The van der Waals surface area contributed by atoms with Gasteiger partial charge in [0.05, 0.1) is 18.0 Å². The van der Waals surface area contributed by atoms with Crippen molar-refractivity contribution in [3.05, 3.63) is 71.0 Å². The maximum Gasteiger partial charge on any atom is 0.260 e. The van der Waals surface area contributed by atoms with E-state index < -0.39 is 0 Å². The van der Waals surface area contributed by atoms with Crippen molar-refractivity contribution in [2.45, 2.75) is 46.6 Å². The van der Waals surface area contributed by atoms with Crippen molar-refractivity contribution in [2.75, 3.05) is 26.3 Å². The van der Waals surface area contributed by atoms with E-state index >= 15 is 0 Å². The third kappa shape index (κ3) is 5.87. The number of nitrogens with zero attached hydrogens (tertiary/aromatic N) is 3. The molecule has 2 amide bonds. The molecule has 36 heavy (non-hydrogen) atoms. The van der Waals surface area contributed by atoms with E-state index in [1.807, 2.05) is 60.7 Å². The van der Waals surface area contributed by atoms with E-state index in [9.17, 15) is 9.59 Å². The Balaban J connectivity index is 1.41. The molecule has 0 saturated carbocycles. The van der Waals surface area contributed by atoms with Crippen LogP contribution in [0, 0.1) is 13.8 Å². The Morgan fingerprint density at radius 2 is 1.72 bits per heavy atom. The zero-order valence-electron chi connectivity index (χ0n) is 21.3. The average molecular weight is 491 g/mol. The summed E-state index contributed by atoms with van der Waals surface area (Å²) < 4.78 is 13.4. The van der Waals surface area contributed by atoms with Gasteiger partial charge in [0, 0.05) is 36.5 Å². The number of aryl methyl sites for hydroxylation is 1. The normalized spacial score (nSPS) is 13.4. The Kier molecular flexibility index (Phi) is 8.25. The van der Waals surface area contributed by atoms with Crippen LogP contribution in [0.1, 0.15) is 53.5 Å². The number of likely N-dealkylation sites (tertiary alicyclic amines) is 1. The largest absolute Gasteiger partial charge is 0.490 e. The highest BCUT2D eigenvalue weighted by molar-refractivity contribution is 5.94. The lowest BCUT2D eigenvalue weighted by Crippen LogP contribution is -2.38. The van der Waals surface area contributed by atoms with Gasteiger partial charge < -0.3 is 19.7 Å². The van der Waals surface area contributed by atoms with Crippen molar-refractivity contribution in [3.63, 3.8) is 0 Å². The van der Waals surface area contributed by atoms with Crippen molar-refractivity contribution >= 4 is 11.8 Å². The SMILES string of the molecule is CCOc1cc(C(=O)NCc2c(C)nn(-c3ccccc3)c2C)ccc1OCC(=O)N1CCCCC1. The molecule has 0 atom stereocenters. The van der Waals surface area contributed by atoms with Crippen LogP contribution < -0.4 is 14.8 Å². The van der Waals surface area contributed by atoms with Crippen LogP contribution in [-0.4, -0.2) is 52.8 Å². The molecule has 190 valence electrons. The number of piperidine rings is 1. The summed E-state index contributed by atoms with van der Waals surface area (Å²) in [5.41, 5.74) is 4.27. The standard InChI is InChI=1S/C28H34N4O4/c1-4-35-26-17-22(13-14-25(26)36-19-27(33)31-15-9-6-10-16-31)28(34)29-18-24-20(2)30-32(21(24)3)23-11-7-5-8-12-23/h5,7-8,11-14,17H,4,6,9-10,15-16,18-19H2,1-3H3,(H,29,34). The van der Waals surface area contributed by atoms with Gasteiger partial charge in [-0.25, -0.2) is 4.68 Å². The molecule has 1 saturated heterocycles. The van der Waals surface area contributed by atoms with Crippen LogP contribution in [0.2, 0.25) is 0 Å². The Hall–Kier alpha value is -3.81. The molecule has 3 aromatic rings. The van der Waals surface area contributed by atoms with Gasteiger partial charge in [-0.15, -0.1) is 0 Å². The minimum Gasteiger partial charge on any atom is -0.490 e. The molecular formula is C28H34N4O4. The summed E-state index contributed by atoms with van der Waals surface area (Å²) in [4.78, 5) is 27.3. The number of benzene rings is 2. The Bertz CT molecular complexity index is 1200. The molecule has 0 spiro atoms. The summed E-state index contributed by atoms with van der Waals surface area (Å²) in [7, 11) is 0. The molecule has 1 aliphatic rings. The van der Waals surface area contributed by atoms with E-state index in [0.717, 1.165) is 55.0 Å². The monoisotopic (exact) mass is 490 g/mol. The first kappa shape index (κ1) is 25.3. The molecule has 1 fully saturated rings. The number of hydrogen-bond acceptors (Lipinski definition) is 5. The maximum atomic E-state index is 13.0.